The number of thioether (sulfide) groups is 1. The summed E-state index contributed by atoms with van der Waals surface area (Å²) in [5.41, 5.74) is 1.78. The van der Waals surface area contributed by atoms with Gasteiger partial charge in [-0.2, -0.15) is 0 Å². The second-order valence-corrected chi connectivity index (χ2v) is 8.91. The molecule has 26 heavy (non-hydrogen) atoms. The fourth-order valence-electron chi connectivity index (χ4n) is 2.68. The lowest BCUT2D eigenvalue weighted by Gasteiger charge is -2.06. The van der Waals surface area contributed by atoms with E-state index in [1.165, 1.54) is 16.2 Å². The first-order chi connectivity index (χ1) is 12.6. The number of carbonyl (C=O) groups excluding carboxylic acids is 1. The first-order valence-electron chi connectivity index (χ1n) is 8.32. The van der Waals surface area contributed by atoms with E-state index in [4.69, 9.17) is 9.47 Å². The van der Waals surface area contributed by atoms with Gasteiger partial charge in [-0.15, -0.1) is 11.8 Å². The smallest absolute Gasteiger partial charge is 0.231 e. The third-order valence-corrected chi connectivity index (χ3v) is 5.74. The van der Waals surface area contributed by atoms with Crippen molar-refractivity contribution in [2.24, 2.45) is 0 Å². The van der Waals surface area contributed by atoms with Crippen molar-refractivity contribution < 1.29 is 14.3 Å². The molecule has 4 rings (SSSR count). The van der Waals surface area contributed by atoms with Gasteiger partial charge in [0.2, 0.25) is 12.7 Å². The summed E-state index contributed by atoms with van der Waals surface area (Å²) in [5.74, 6) is 1.34. The Labute approximate surface area is 159 Å². The second-order valence-electron chi connectivity index (χ2n) is 6.23. The molecule has 0 unspecified atom stereocenters. The highest BCUT2D eigenvalue weighted by Crippen LogP contribution is 2.38. The van der Waals surface area contributed by atoms with E-state index < -0.39 is 0 Å². The van der Waals surface area contributed by atoms with Crippen LogP contribution in [0.1, 0.15) is 19.4 Å². The lowest BCUT2D eigenvalue weighted by atomic mass is 10.1. The molecule has 1 aliphatic heterocycles. The number of rotatable bonds is 5. The number of thiazole rings is 1. The number of ether oxygens (including phenoxy) is 2. The van der Waals surface area contributed by atoms with Gasteiger partial charge in [-0.1, -0.05) is 37.3 Å². The van der Waals surface area contributed by atoms with Gasteiger partial charge in [0.05, 0.1) is 16.6 Å². The van der Waals surface area contributed by atoms with Gasteiger partial charge in [0.15, 0.2) is 16.6 Å². The van der Waals surface area contributed by atoms with E-state index in [9.17, 15) is 4.79 Å². The molecule has 0 atom stereocenters. The average molecular weight is 386 g/mol. The summed E-state index contributed by atoms with van der Waals surface area (Å²) in [6.07, 6.45) is 0.325. The Morgan fingerprint density at radius 2 is 1.96 bits per heavy atom. The molecule has 3 aromatic rings. The highest BCUT2D eigenvalue weighted by atomic mass is 32.2. The minimum absolute atomic E-state index is 0.0756. The zero-order valence-electron chi connectivity index (χ0n) is 14.4. The molecule has 0 radical (unpaired) electrons. The third-order valence-electron chi connectivity index (χ3n) is 3.79. The van der Waals surface area contributed by atoms with Crippen molar-refractivity contribution in [1.29, 1.82) is 0 Å². The van der Waals surface area contributed by atoms with Crippen LogP contribution in [-0.4, -0.2) is 22.9 Å². The zero-order valence-corrected chi connectivity index (χ0v) is 16.1. The summed E-state index contributed by atoms with van der Waals surface area (Å²) in [6, 6.07) is 11.9. The Hall–Kier alpha value is -2.25. The van der Waals surface area contributed by atoms with Crippen molar-refractivity contribution in [2.75, 3.05) is 12.1 Å². The summed E-state index contributed by atoms with van der Waals surface area (Å²) in [7, 11) is 0. The van der Waals surface area contributed by atoms with Crippen LogP contribution in [0.4, 0.5) is 5.13 Å². The van der Waals surface area contributed by atoms with Crippen LogP contribution in [-0.2, 0) is 11.2 Å². The molecule has 5 nitrogen and oxygen atoms in total. The molecular formula is C19H18N2O3S2. The quantitative estimate of drug-likeness (QED) is 0.644. The van der Waals surface area contributed by atoms with Crippen LogP contribution < -0.4 is 14.8 Å². The van der Waals surface area contributed by atoms with Crippen LogP contribution in [0.5, 0.6) is 11.5 Å². The maximum Gasteiger partial charge on any atom is 0.231 e. The van der Waals surface area contributed by atoms with E-state index in [-0.39, 0.29) is 12.7 Å². The number of hydrogen-bond donors (Lipinski definition) is 1. The van der Waals surface area contributed by atoms with E-state index in [2.05, 4.69) is 36.3 Å². The molecular weight excluding hydrogens is 368 g/mol. The van der Waals surface area contributed by atoms with Crippen molar-refractivity contribution in [3.63, 3.8) is 0 Å². The van der Waals surface area contributed by atoms with Gasteiger partial charge in [0.1, 0.15) is 0 Å². The molecule has 1 N–H and O–H groups in total. The molecule has 0 saturated heterocycles. The van der Waals surface area contributed by atoms with E-state index in [0.29, 0.717) is 22.6 Å². The van der Waals surface area contributed by atoms with Crippen LogP contribution in [0.15, 0.2) is 41.3 Å². The summed E-state index contributed by atoms with van der Waals surface area (Å²) in [4.78, 5) is 18.0. The average Bonchev–Trinajstić information content (AvgIpc) is 3.18. The normalized spacial score (nSPS) is 12.7. The van der Waals surface area contributed by atoms with E-state index >= 15 is 0 Å². The van der Waals surface area contributed by atoms with Crippen molar-refractivity contribution in [3.05, 3.63) is 42.0 Å². The number of amides is 1. The lowest BCUT2D eigenvalue weighted by molar-refractivity contribution is -0.115. The minimum Gasteiger partial charge on any atom is -0.454 e. The van der Waals surface area contributed by atoms with E-state index in [1.54, 1.807) is 0 Å². The second kappa shape index (κ2) is 7.17. The standard InChI is InChI=1S/C19H18N2O3S2/c1-11(2)25-13-5-3-12(4-6-13)7-18(22)21-19-20-14-8-15-16(24-10-23-15)9-17(14)26-19/h3-6,8-9,11H,7,10H2,1-2H3,(H,20,21,22). The molecule has 0 spiro atoms. The number of fused-ring (bicyclic) bond motifs is 2. The first-order valence-corrected chi connectivity index (χ1v) is 10.0. The Morgan fingerprint density at radius 3 is 2.69 bits per heavy atom. The molecule has 0 fully saturated rings. The monoisotopic (exact) mass is 386 g/mol. The van der Waals surface area contributed by atoms with Crippen LogP contribution in [0, 0.1) is 0 Å². The van der Waals surface area contributed by atoms with Crippen LogP contribution >= 0.6 is 23.1 Å². The summed E-state index contributed by atoms with van der Waals surface area (Å²) in [6.45, 7) is 4.57. The minimum atomic E-state index is -0.0756. The highest BCUT2D eigenvalue weighted by molar-refractivity contribution is 7.99. The molecule has 2 aromatic carbocycles. The molecule has 1 aliphatic rings. The van der Waals surface area contributed by atoms with Crippen molar-refractivity contribution >= 4 is 44.4 Å². The van der Waals surface area contributed by atoms with Crippen molar-refractivity contribution in [2.45, 2.75) is 30.4 Å². The molecule has 2 heterocycles. The fraction of sp³-hybridized carbons (Fsp3) is 0.263. The Morgan fingerprint density at radius 1 is 1.23 bits per heavy atom. The first kappa shape index (κ1) is 17.2. The van der Waals surface area contributed by atoms with Gasteiger partial charge in [-0.05, 0) is 17.7 Å². The molecule has 1 amide bonds. The maximum atomic E-state index is 12.3. The fourth-order valence-corrected chi connectivity index (χ4v) is 4.41. The SMILES string of the molecule is CC(C)Sc1ccc(CC(=O)Nc2nc3cc4c(cc3s2)OCO4)cc1. The Balaban J connectivity index is 1.42. The molecule has 0 saturated carbocycles. The highest BCUT2D eigenvalue weighted by Gasteiger charge is 2.17. The predicted molar refractivity (Wildman–Crippen MR) is 106 cm³/mol. The van der Waals surface area contributed by atoms with Gasteiger partial charge in [-0.25, -0.2) is 4.98 Å². The van der Waals surface area contributed by atoms with Gasteiger partial charge >= 0.3 is 0 Å². The van der Waals surface area contributed by atoms with Gasteiger partial charge in [0, 0.05) is 22.3 Å². The van der Waals surface area contributed by atoms with Crippen LogP contribution in [0.25, 0.3) is 10.2 Å². The van der Waals surface area contributed by atoms with Crippen LogP contribution in [0.2, 0.25) is 0 Å². The lowest BCUT2D eigenvalue weighted by Crippen LogP contribution is -2.14. The van der Waals surface area contributed by atoms with E-state index in [1.807, 2.05) is 36.0 Å². The number of nitrogens with one attached hydrogen (secondary N) is 1. The molecule has 1 aromatic heterocycles. The molecule has 0 bridgehead atoms. The van der Waals surface area contributed by atoms with Gasteiger partial charge in [-0.3, -0.25) is 4.79 Å². The predicted octanol–water partition coefficient (Wildman–Crippen LogP) is 4.71. The van der Waals surface area contributed by atoms with Gasteiger partial charge in [0.25, 0.3) is 0 Å². The topological polar surface area (TPSA) is 60.5 Å². The number of benzene rings is 2. The number of aromatic nitrogens is 1. The summed E-state index contributed by atoms with van der Waals surface area (Å²) < 4.78 is 11.7. The van der Waals surface area contributed by atoms with Crippen molar-refractivity contribution in [1.82, 2.24) is 4.98 Å². The molecule has 134 valence electrons. The summed E-state index contributed by atoms with van der Waals surface area (Å²) in [5, 5.41) is 4.01. The number of anilines is 1. The number of nitrogens with zero attached hydrogens (tertiary/aromatic N) is 1. The summed E-state index contributed by atoms with van der Waals surface area (Å²) >= 11 is 3.24. The largest absolute Gasteiger partial charge is 0.454 e. The van der Waals surface area contributed by atoms with Crippen LogP contribution in [0.3, 0.4) is 0 Å². The Bertz CT molecular complexity index is 910. The van der Waals surface area contributed by atoms with Gasteiger partial charge < -0.3 is 14.8 Å². The zero-order chi connectivity index (χ0) is 18.1. The maximum absolute atomic E-state index is 12.3. The number of carbonyl (C=O) groups is 1. The molecule has 7 heteroatoms. The van der Waals surface area contributed by atoms with E-state index in [0.717, 1.165) is 21.5 Å². The number of hydrogen-bond acceptors (Lipinski definition) is 6. The molecule has 0 aliphatic carbocycles. The van der Waals surface area contributed by atoms with Crippen molar-refractivity contribution in [3.8, 4) is 11.5 Å². The third kappa shape index (κ3) is 3.78. The Kier molecular flexibility index (Phi) is 4.74.